The van der Waals surface area contributed by atoms with E-state index in [1.54, 1.807) is 23.2 Å². The minimum Gasteiger partial charge on any atom is -0.350 e. The molecule has 0 bridgehead atoms. The van der Waals surface area contributed by atoms with E-state index in [2.05, 4.69) is 10.3 Å². The second-order valence-corrected chi connectivity index (χ2v) is 4.33. The van der Waals surface area contributed by atoms with Gasteiger partial charge in [-0.15, -0.1) is 0 Å². The van der Waals surface area contributed by atoms with E-state index in [4.69, 9.17) is 5.73 Å². The maximum absolute atomic E-state index is 11.8. The van der Waals surface area contributed by atoms with E-state index in [-0.39, 0.29) is 11.8 Å². The maximum Gasteiger partial charge on any atom is 0.269 e. The molecule has 0 spiro atoms. The van der Waals surface area contributed by atoms with Crippen LogP contribution in [0.1, 0.15) is 36.3 Å². The Kier molecular flexibility index (Phi) is 6.66. The van der Waals surface area contributed by atoms with Gasteiger partial charge in [-0.2, -0.15) is 0 Å². The Morgan fingerprint density at radius 1 is 1.30 bits per heavy atom. The van der Waals surface area contributed by atoms with E-state index in [0.717, 1.165) is 5.56 Å². The maximum atomic E-state index is 11.8. The number of hydrogen-bond donors (Lipinski definition) is 2. The first-order chi connectivity index (χ1) is 9.62. The van der Waals surface area contributed by atoms with Gasteiger partial charge in [0.25, 0.3) is 5.91 Å². The molecule has 0 atom stereocenters. The minimum atomic E-state index is -0.277. The number of hydrogen-bond acceptors (Lipinski definition) is 4. The Morgan fingerprint density at radius 2 is 2.00 bits per heavy atom. The monoisotopic (exact) mass is 278 g/mol. The summed E-state index contributed by atoms with van der Waals surface area (Å²) >= 11 is 0. The topological polar surface area (TPSA) is 88.3 Å². The summed E-state index contributed by atoms with van der Waals surface area (Å²) in [6.07, 6.45) is 1.88. The summed E-state index contributed by atoms with van der Waals surface area (Å²) in [7, 11) is 0. The lowest BCUT2D eigenvalue weighted by atomic mass is 10.2. The average Bonchev–Trinajstić information content (AvgIpc) is 2.48. The molecular weight excluding hydrogens is 256 g/mol. The predicted molar refractivity (Wildman–Crippen MR) is 77.0 cm³/mol. The van der Waals surface area contributed by atoms with Crippen LogP contribution in [0.3, 0.4) is 0 Å². The first-order valence-electron chi connectivity index (χ1n) is 6.83. The zero-order valence-corrected chi connectivity index (χ0v) is 12.1. The van der Waals surface area contributed by atoms with Gasteiger partial charge in [-0.25, -0.2) is 0 Å². The quantitative estimate of drug-likeness (QED) is 0.761. The molecule has 3 N–H and O–H groups in total. The third-order valence-corrected chi connectivity index (χ3v) is 3.03. The van der Waals surface area contributed by atoms with Crippen molar-refractivity contribution >= 4 is 11.8 Å². The lowest BCUT2D eigenvalue weighted by molar-refractivity contribution is -0.130. The molecule has 6 nitrogen and oxygen atoms in total. The number of rotatable bonds is 7. The number of aromatic nitrogens is 1. The second-order valence-electron chi connectivity index (χ2n) is 4.33. The summed E-state index contributed by atoms with van der Waals surface area (Å²) in [5.41, 5.74) is 6.67. The fourth-order valence-electron chi connectivity index (χ4n) is 1.79. The molecule has 0 saturated carbocycles. The average molecular weight is 278 g/mol. The van der Waals surface area contributed by atoms with E-state index in [0.29, 0.717) is 38.3 Å². The van der Waals surface area contributed by atoms with Crippen molar-refractivity contribution in [2.24, 2.45) is 5.73 Å². The van der Waals surface area contributed by atoms with Crippen LogP contribution in [0.25, 0.3) is 0 Å². The number of nitrogens with zero attached hydrogens (tertiary/aromatic N) is 2. The molecule has 1 rings (SSSR count). The lowest BCUT2D eigenvalue weighted by Gasteiger charge is -2.18. The van der Waals surface area contributed by atoms with E-state index >= 15 is 0 Å². The Bertz CT molecular complexity index is 441. The molecule has 1 aromatic rings. The largest absolute Gasteiger partial charge is 0.350 e. The Labute approximate surface area is 119 Å². The fraction of sp³-hybridized carbons (Fsp3) is 0.500. The Balaban J connectivity index is 2.41. The summed E-state index contributed by atoms with van der Waals surface area (Å²) in [4.78, 5) is 29.3. The summed E-state index contributed by atoms with van der Waals surface area (Å²) in [5, 5.41) is 2.69. The van der Waals surface area contributed by atoms with Gasteiger partial charge in [0.15, 0.2) is 0 Å². The highest BCUT2D eigenvalue weighted by Crippen LogP contribution is 1.99. The van der Waals surface area contributed by atoms with Gasteiger partial charge in [-0.3, -0.25) is 14.6 Å². The van der Waals surface area contributed by atoms with Crippen LogP contribution in [-0.2, 0) is 11.3 Å². The van der Waals surface area contributed by atoms with Gasteiger partial charge in [0.2, 0.25) is 5.91 Å². The third kappa shape index (κ3) is 4.62. The zero-order chi connectivity index (χ0) is 15.0. The summed E-state index contributed by atoms with van der Waals surface area (Å²) in [6, 6.07) is 3.40. The van der Waals surface area contributed by atoms with Crippen LogP contribution < -0.4 is 11.1 Å². The Hall–Kier alpha value is -1.95. The van der Waals surface area contributed by atoms with Crippen LogP contribution in [0.15, 0.2) is 18.3 Å². The van der Waals surface area contributed by atoms with Crippen molar-refractivity contribution in [1.29, 1.82) is 0 Å². The molecular formula is C14H22N4O2. The highest BCUT2D eigenvalue weighted by atomic mass is 16.2. The summed E-state index contributed by atoms with van der Waals surface area (Å²) in [6.45, 7) is 5.95. The van der Waals surface area contributed by atoms with Gasteiger partial charge in [-0.05, 0) is 25.5 Å². The van der Waals surface area contributed by atoms with E-state index in [1.807, 2.05) is 13.8 Å². The van der Waals surface area contributed by atoms with Gasteiger partial charge in [0, 0.05) is 38.8 Å². The first-order valence-corrected chi connectivity index (χ1v) is 6.83. The van der Waals surface area contributed by atoms with Crippen molar-refractivity contribution in [2.75, 3.05) is 19.6 Å². The van der Waals surface area contributed by atoms with E-state index in [9.17, 15) is 9.59 Å². The van der Waals surface area contributed by atoms with Crippen molar-refractivity contribution in [1.82, 2.24) is 15.2 Å². The van der Waals surface area contributed by atoms with Gasteiger partial charge < -0.3 is 16.0 Å². The molecule has 0 aliphatic carbocycles. The molecule has 110 valence electrons. The van der Waals surface area contributed by atoms with Crippen LogP contribution >= 0.6 is 0 Å². The highest BCUT2D eigenvalue weighted by molar-refractivity contribution is 5.92. The molecule has 0 aliphatic heterocycles. The summed E-state index contributed by atoms with van der Waals surface area (Å²) in [5.74, 6) is -0.234. The van der Waals surface area contributed by atoms with Crippen LogP contribution in [-0.4, -0.2) is 41.3 Å². The highest BCUT2D eigenvalue weighted by Gasteiger charge is 2.11. The molecule has 1 aromatic heterocycles. The second kappa shape index (κ2) is 8.27. The number of amides is 2. The molecule has 2 amide bonds. The number of carbonyl (C=O) groups is 2. The Morgan fingerprint density at radius 3 is 2.50 bits per heavy atom. The molecule has 0 aliphatic rings. The molecule has 6 heteroatoms. The van der Waals surface area contributed by atoms with Crippen molar-refractivity contribution in [3.05, 3.63) is 29.6 Å². The van der Waals surface area contributed by atoms with Gasteiger partial charge in [0.1, 0.15) is 5.69 Å². The summed E-state index contributed by atoms with van der Waals surface area (Å²) < 4.78 is 0. The molecule has 20 heavy (non-hydrogen) atoms. The van der Waals surface area contributed by atoms with Crippen LogP contribution in [0.4, 0.5) is 0 Å². The first kappa shape index (κ1) is 16.1. The normalized spacial score (nSPS) is 10.2. The number of pyridine rings is 1. The van der Waals surface area contributed by atoms with Gasteiger partial charge in [0.05, 0.1) is 0 Å². The van der Waals surface area contributed by atoms with Crippen LogP contribution in [0.5, 0.6) is 0 Å². The number of carbonyl (C=O) groups excluding carboxylic acids is 2. The van der Waals surface area contributed by atoms with Crippen molar-refractivity contribution in [2.45, 2.75) is 26.8 Å². The van der Waals surface area contributed by atoms with Crippen LogP contribution in [0.2, 0.25) is 0 Å². The molecule has 0 fully saturated rings. The standard InChI is InChI=1S/C14H22N4O2/c1-3-18(4-2)13(19)7-8-16-14(20)12-6-5-11(9-15)10-17-12/h5-6,10H,3-4,7-9,15H2,1-2H3,(H,16,20). The molecule has 1 heterocycles. The SMILES string of the molecule is CCN(CC)C(=O)CCNC(=O)c1ccc(CN)cn1. The van der Waals surface area contributed by atoms with Crippen molar-refractivity contribution in [3.63, 3.8) is 0 Å². The fourth-order valence-corrected chi connectivity index (χ4v) is 1.79. The molecule has 0 aromatic carbocycles. The third-order valence-electron chi connectivity index (χ3n) is 3.03. The number of nitrogens with one attached hydrogen (secondary N) is 1. The lowest BCUT2D eigenvalue weighted by Crippen LogP contribution is -2.34. The smallest absolute Gasteiger partial charge is 0.269 e. The molecule has 0 saturated heterocycles. The van der Waals surface area contributed by atoms with E-state index in [1.165, 1.54) is 0 Å². The van der Waals surface area contributed by atoms with Gasteiger partial charge >= 0.3 is 0 Å². The van der Waals surface area contributed by atoms with Crippen molar-refractivity contribution in [3.8, 4) is 0 Å². The minimum absolute atomic E-state index is 0.0433. The van der Waals surface area contributed by atoms with E-state index < -0.39 is 0 Å². The van der Waals surface area contributed by atoms with Crippen molar-refractivity contribution < 1.29 is 9.59 Å². The van der Waals surface area contributed by atoms with Crippen LogP contribution in [0, 0.1) is 0 Å². The number of nitrogens with two attached hydrogens (primary N) is 1. The van der Waals surface area contributed by atoms with Gasteiger partial charge in [-0.1, -0.05) is 6.07 Å². The predicted octanol–water partition coefficient (Wildman–Crippen LogP) is 0.529. The molecule has 0 unspecified atom stereocenters. The zero-order valence-electron chi connectivity index (χ0n) is 12.1. The molecule has 0 radical (unpaired) electrons.